The predicted octanol–water partition coefficient (Wildman–Crippen LogP) is 3.55. The first kappa shape index (κ1) is 25.5. The number of nitrogens with zero attached hydrogens (tertiary/aromatic N) is 4. The Balaban J connectivity index is 1.71. The number of alkyl halides is 3. The summed E-state index contributed by atoms with van der Waals surface area (Å²) in [7, 11) is 1.46. The van der Waals surface area contributed by atoms with Gasteiger partial charge in [-0.15, -0.1) is 0 Å². The van der Waals surface area contributed by atoms with Crippen molar-refractivity contribution in [2.75, 3.05) is 30.1 Å². The van der Waals surface area contributed by atoms with E-state index in [1.165, 1.54) is 30.2 Å². The van der Waals surface area contributed by atoms with E-state index in [1.54, 1.807) is 0 Å². The number of ether oxygens (including phenoxy) is 1. The molecule has 1 N–H and O–H groups in total. The predicted molar refractivity (Wildman–Crippen MR) is 124 cm³/mol. The van der Waals surface area contributed by atoms with Crippen LogP contribution in [-0.2, 0) is 15.7 Å². The number of rotatable bonds is 6. The Bertz CT molecular complexity index is 1290. The topological polar surface area (TPSA) is 98.6 Å². The molecular weight excluding hydrogens is 502 g/mol. The van der Waals surface area contributed by atoms with Crippen LogP contribution in [-0.4, -0.2) is 47.7 Å². The maximum absolute atomic E-state index is 14.9. The van der Waals surface area contributed by atoms with Crippen molar-refractivity contribution in [1.29, 1.82) is 5.26 Å². The van der Waals surface area contributed by atoms with Crippen molar-refractivity contribution in [3.63, 3.8) is 0 Å². The minimum atomic E-state index is -4.88. The molecule has 0 unspecified atom stereocenters. The van der Waals surface area contributed by atoms with E-state index in [2.05, 4.69) is 10.3 Å². The molecule has 2 aliphatic rings. The van der Waals surface area contributed by atoms with Crippen LogP contribution in [0.5, 0.6) is 0 Å². The number of hydrogen-bond acceptors (Lipinski definition) is 6. The molecule has 4 rings (SSSR count). The van der Waals surface area contributed by atoms with Crippen LogP contribution in [0.3, 0.4) is 0 Å². The maximum atomic E-state index is 14.9. The number of benzene rings is 1. The number of anilines is 2. The lowest BCUT2D eigenvalue weighted by atomic mass is 9.75. The van der Waals surface area contributed by atoms with E-state index in [1.807, 2.05) is 0 Å². The summed E-state index contributed by atoms with van der Waals surface area (Å²) >= 11 is 5.49. The molecule has 1 aromatic heterocycles. The fourth-order valence-electron chi connectivity index (χ4n) is 4.28. The van der Waals surface area contributed by atoms with E-state index in [0.717, 1.165) is 17.2 Å². The highest BCUT2D eigenvalue weighted by Crippen LogP contribution is 2.48. The fourth-order valence-corrected chi connectivity index (χ4v) is 4.75. The van der Waals surface area contributed by atoms with Crippen molar-refractivity contribution < 1.29 is 31.9 Å². The van der Waals surface area contributed by atoms with Gasteiger partial charge in [-0.25, -0.2) is 9.37 Å². The first-order valence-corrected chi connectivity index (χ1v) is 11.2. The monoisotopic (exact) mass is 521 g/mol. The first-order valence-electron chi connectivity index (χ1n) is 10.8. The number of amides is 2. The normalized spacial score (nSPS) is 16.8. The number of halogens is 4. The van der Waals surface area contributed by atoms with Crippen LogP contribution in [0.1, 0.15) is 40.9 Å². The van der Waals surface area contributed by atoms with Gasteiger partial charge >= 0.3 is 6.18 Å². The molecule has 1 aliphatic heterocycles. The summed E-state index contributed by atoms with van der Waals surface area (Å²) in [5, 5.41) is 11.4. The van der Waals surface area contributed by atoms with Gasteiger partial charge in [0.25, 0.3) is 11.8 Å². The van der Waals surface area contributed by atoms with E-state index >= 15 is 0 Å². The fraction of sp³-hybridized carbons (Fsp3) is 0.348. The zero-order valence-electron chi connectivity index (χ0n) is 18.9. The summed E-state index contributed by atoms with van der Waals surface area (Å²) < 4.78 is 60.2. The molecule has 2 amide bonds. The molecule has 0 radical (unpaired) electrons. The van der Waals surface area contributed by atoms with Crippen molar-refractivity contribution in [3.05, 3.63) is 53.1 Å². The molecule has 2 fully saturated rings. The van der Waals surface area contributed by atoms with Gasteiger partial charge in [-0.2, -0.15) is 18.4 Å². The summed E-state index contributed by atoms with van der Waals surface area (Å²) in [4.78, 5) is 31.7. The van der Waals surface area contributed by atoms with Gasteiger partial charge < -0.3 is 15.0 Å². The minimum Gasteiger partial charge on any atom is -0.383 e. The van der Waals surface area contributed by atoms with Crippen LogP contribution in [0.4, 0.5) is 28.9 Å². The number of carbonyl (C=O) groups excluding carboxylic acids is 2. The molecule has 2 aromatic rings. The maximum Gasteiger partial charge on any atom is 0.419 e. The van der Waals surface area contributed by atoms with Crippen LogP contribution in [0, 0.1) is 17.1 Å². The zero-order chi connectivity index (χ0) is 26.3. The average Bonchev–Trinajstić information content (AvgIpc) is 3.04. The third-order valence-corrected chi connectivity index (χ3v) is 6.55. The Kier molecular flexibility index (Phi) is 6.68. The van der Waals surface area contributed by atoms with Crippen LogP contribution in [0.15, 0.2) is 30.5 Å². The Hall–Kier alpha value is -3.63. The SMILES string of the molecule is COCCNC(=O)c1ccc(N2C(=S)N(c3cnc(C#N)c(C(F)(F)F)c3)C(=O)C23CCC3)cc1F. The lowest BCUT2D eigenvalue weighted by molar-refractivity contribution is -0.138. The van der Waals surface area contributed by atoms with E-state index in [9.17, 15) is 27.2 Å². The van der Waals surface area contributed by atoms with Gasteiger partial charge in [-0.1, -0.05) is 0 Å². The van der Waals surface area contributed by atoms with Crippen molar-refractivity contribution in [1.82, 2.24) is 10.3 Å². The van der Waals surface area contributed by atoms with E-state index in [-0.39, 0.29) is 35.2 Å². The second-order valence-electron chi connectivity index (χ2n) is 8.26. The molecule has 8 nitrogen and oxygen atoms in total. The van der Waals surface area contributed by atoms with Crippen LogP contribution >= 0.6 is 12.2 Å². The molecule has 188 valence electrons. The molecule has 13 heteroatoms. The molecule has 0 atom stereocenters. The molecule has 1 aromatic carbocycles. The largest absolute Gasteiger partial charge is 0.419 e. The molecule has 0 bridgehead atoms. The Morgan fingerprint density at radius 1 is 1.31 bits per heavy atom. The van der Waals surface area contributed by atoms with Gasteiger partial charge in [0.05, 0.1) is 29.6 Å². The molecule has 36 heavy (non-hydrogen) atoms. The lowest BCUT2D eigenvalue weighted by Gasteiger charge is -2.43. The lowest BCUT2D eigenvalue weighted by Crippen LogP contribution is -2.55. The third-order valence-electron chi connectivity index (χ3n) is 6.18. The number of methoxy groups -OCH3 is 1. The second kappa shape index (κ2) is 9.44. The number of hydrogen-bond donors (Lipinski definition) is 1. The van der Waals surface area contributed by atoms with Crippen LogP contribution in [0.2, 0.25) is 0 Å². The van der Waals surface area contributed by atoms with E-state index in [4.69, 9.17) is 22.2 Å². The van der Waals surface area contributed by atoms with Gasteiger partial charge in [0.2, 0.25) is 0 Å². The van der Waals surface area contributed by atoms with Crippen LogP contribution in [0.25, 0.3) is 0 Å². The van der Waals surface area contributed by atoms with Crippen molar-refractivity contribution in [3.8, 4) is 6.07 Å². The minimum absolute atomic E-state index is 0.156. The summed E-state index contributed by atoms with van der Waals surface area (Å²) in [6.07, 6.45) is -2.56. The average molecular weight is 521 g/mol. The van der Waals surface area contributed by atoms with Gasteiger partial charge in [0.15, 0.2) is 10.8 Å². The molecule has 1 saturated heterocycles. The Morgan fingerprint density at radius 2 is 2.03 bits per heavy atom. The summed E-state index contributed by atoms with van der Waals surface area (Å²) in [5.41, 5.74) is -3.62. The second-order valence-corrected chi connectivity index (χ2v) is 8.62. The summed E-state index contributed by atoms with van der Waals surface area (Å²) in [6, 6.07) is 5.78. The smallest absolute Gasteiger partial charge is 0.383 e. The Labute approximate surface area is 208 Å². The number of carbonyl (C=O) groups is 2. The van der Waals surface area contributed by atoms with Crippen molar-refractivity contribution in [2.24, 2.45) is 0 Å². The first-order chi connectivity index (χ1) is 17.0. The highest BCUT2D eigenvalue weighted by Gasteiger charge is 2.59. The molecule has 1 spiro atoms. The summed E-state index contributed by atoms with van der Waals surface area (Å²) in [6.45, 7) is 0.423. The van der Waals surface area contributed by atoms with E-state index in [0.29, 0.717) is 25.3 Å². The number of pyridine rings is 1. The molecular formula is C23H19F4N5O3S. The third kappa shape index (κ3) is 4.16. The van der Waals surface area contributed by atoms with Gasteiger partial charge in [-0.05, 0) is 55.7 Å². The molecule has 1 saturated carbocycles. The van der Waals surface area contributed by atoms with E-state index < -0.39 is 40.6 Å². The van der Waals surface area contributed by atoms with Gasteiger partial charge in [-0.3, -0.25) is 14.5 Å². The van der Waals surface area contributed by atoms with Crippen LogP contribution < -0.4 is 15.1 Å². The number of nitrogens with one attached hydrogen (secondary N) is 1. The van der Waals surface area contributed by atoms with Crippen molar-refractivity contribution >= 4 is 40.5 Å². The number of aromatic nitrogens is 1. The summed E-state index contributed by atoms with van der Waals surface area (Å²) in [5.74, 6) is -2.08. The number of thiocarbonyl (C=S) groups is 1. The number of nitriles is 1. The van der Waals surface area contributed by atoms with Crippen molar-refractivity contribution in [2.45, 2.75) is 31.0 Å². The molecule has 2 heterocycles. The standard InChI is InChI=1S/C23H19F4N5O3S/c1-35-8-7-29-19(33)15-4-3-13(10-17(15)24)32-21(36)31(20(34)22(32)5-2-6-22)14-9-16(23(25,26)27)18(11-28)30-12-14/h3-4,9-10,12H,2,5-8H2,1H3,(H,29,33). The highest BCUT2D eigenvalue weighted by molar-refractivity contribution is 7.81. The Morgan fingerprint density at radius 3 is 2.58 bits per heavy atom. The molecule has 1 aliphatic carbocycles. The van der Waals surface area contributed by atoms with Gasteiger partial charge in [0, 0.05) is 19.3 Å². The zero-order valence-corrected chi connectivity index (χ0v) is 19.7. The van der Waals surface area contributed by atoms with Gasteiger partial charge in [0.1, 0.15) is 17.4 Å². The highest BCUT2D eigenvalue weighted by atomic mass is 32.1. The quantitative estimate of drug-likeness (QED) is 0.353.